The minimum absolute atomic E-state index is 0.0832. The van der Waals surface area contributed by atoms with E-state index in [4.69, 9.17) is 14.2 Å². The van der Waals surface area contributed by atoms with E-state index in [1.54, 1.807) is 0 Å². The third kappa shape index (κ3) is 56.0. The number of rotatable bonds is 55. The predicted molar refractivity (Wildman–Crippen MR) is 302 cm³/mol. The minimum atomic E-state index is -0.788. The molecule has 0 saturated heterocycles. The molecule has 0 aliphatic rings. The molecule has 0 fully saturated rings. The molecule has 0 heterocycles. The SMILES string of the molecule is CCCCC/C=C/C/C=C/C/C=C/CCCCCCC(=O)O[C@H](COC(=O)CCCCCCCCC/C=C/C/C=C/CCCCC)COC(=O)CCCCCCCCCCCCCCCCCCCC. The molecule has 0 bridgehead atoms. The van der Waals surface area contributed by atoms with E-state index in [-0.39, 0.29) is 31.1 Å². The first-order valence-electron chi connectivity index (χ1n) is 30.3. The van der Waals surface area contributed by atoms with Crippen LogP contribution >= 0.6 is 0 Å². The molecular weight excluding hydrogens is 865 g/mol. The molecule has 0 aromatic rings. The molecule has 6 heteroatoms. The van der Waals surface area contributed by atoms with Crippen molar-refractivity contribution in [1.82, 2.24) is 0 Å². The fourth-order valence-corrected chi connectivity index (χ4v) is 8.66. The Labute approximate surface area is 434 Å². The van der Waals surface area contributed by atoms with Gasteiger partial charge in [-0.25, -0.2) is 0 Å². The molecular formula is C64H114O6. The van der Waals surface area contributed by atoms with Crippen molar-refractivity contribution in [2.75, 3.05) is 13.2 Å². The Kier molecular flexibility index (Phi) is 56.3. The van der Waals surface area contributed by atoms with Gasteiger partial charge in [0.05, 0.1) is 0 Å². The standard InChI is InChI=1S/C64H114O6/c1-4-7-10-13-16-19-22-25-28-31-34-36-39-42-45-48-51-54-57-63(66)69-60-61(70-64(67)58-55-52-49-46-43-40-37-33-30-27-24-21-18-15-12-9-6-3)59-68-62(65)56-53-50-47-44-41-38-35-32-29-26-23-20-17-14-11-8-5-2/h17-18,20-21,26-27,29-30,37,40,61H,4-16,19,22-25,28,31-36,38-39,41-60H2,1-3H3/b20-17+,21-18+,29-26+,30-27+,40-37+/t61-/m1/s1. The molecule has 0 rings (SSSR count). The van der Waals surface area contributed by atoms with Crippen LogP contribution in [0.15, 0.2) is 60.8 Å². The van der Waals surface area contributed by atoms with Crippen molar-refractivity contribution in [3.05, 3.63) is 60.8 Å². The molecule has 0 unspecified atom stereocenters. The Balaban J connectivity index is 4.40. The largest absolute Gasteiger partial charge is 0.462 e. The topological polar surface area (TPSA) is 78.9 Å². The van der Waals surface area contributed by atoms with Crippen molar-refractivity contribution in [2.24, 2.45) is 0 Å². The summed E-state index contributed by atoms with van der Waals surface area (Å²) >= 11 is 0. The van der Waals surface area contributed by atoms with Gasteiger partial charge >= 0.3 is 17.9 Å². The van der Waals surface area contributed by atoms with Crippen LogP contribution < -0.4 is 0 Å². The second-order valence-corrected chi connectivity index (χ2v) is 20.3. The molecule has 0 saturated carbocycles. The summed E-state index contributed by atoms with van der Waals surface area (Å²) in [6, 6.07) is 0. The zero-order valence-corrected chi connectivity index (χ0v) is 46.5. The molecule has 0 aromatic heterocycles. The average molecular weight is 980 g/mol. The zero-order chi connectivity index (χ0) is 50.7. The number of allylic oxidation sites excluding steroid dienone is 10. The summed E-state index contributed by atoms with van der Waals surface area (Å²) in [5, 5.41) is 0. The van der Waals surface area contributed by atoms with E-state index in [0.717, 1.165) is 96.3 Å². The van der Waals surface area contributed by atoms with Gasteiger partial charge in [0.2, 0.25) is 0 Å². The van der Waals surface area contributed by atoms with Gasteiger partial charge < -0.3 is 14.2 Å². The van der Waals surface area contributed by atoms with Crippen molar-refractivity contribution in [1.29, 1.82) is 0 Å². The summed E-state index contributed by atoms with van der Waals surface area (Å²) in [5.41, 5.74) is 0. The first-order chi connectivity index (χ1) is 34.5. The van der Waals surface area contributed by atoms with Gasteiger partial charge in [0.1, 0.15) is 13.2 Å². The van der Waals surface area contributed by atoms with Crippen molar-refractivity contribution < 1.29 is 28.6 Å². The van der Waals surface area contributed by atoms with Gasteiger partial charge in [-0.15, -0.1) is 0 Å². The van der Waals surface area contributed by atoms with Gasteiger partial charge in [0, 0.05) is 19.3 Å². The van der Waals surface area contributed by atoms with Crippen LogP contribution in [-0.4, -0.2) is 37.2 Å². The van der Waals surface area contributed by atoms with E-state index < -0.39 is 6.10 Å². The number of esters is 3. The summed E-state index contributed by atoms with van der Waals surface area (Å²) < 4.78 is 16.9. The van der Waals surface area contributed by atoms with Crippen LogP contribution in [0.5, 0.6) is 0 Å². The molecule has 0 N–H and O–H groups in total. The maximum absolute atomic E-state index is 12.9. The average Bonchev–Trinajstić information content (AvgIpc) is 3.36. The van der Waals surface area contributed by atoms with Crippen LogP contribution in [0.2, 0.25) is 0 Å². The fourth-order valence-electron chi connectivity index (χ4n) is 8.66. The molecule has 70 heavy (non-hydrogen) atoms. The van der Waals surface area contributed by atoms with Crippen LogP contribution in [0.3, 0.4) is 0 Å². The minimum Gasteiger partial charge on any atom is -0.462 e. The van der Waals surface area contributed by atoms with Crippen molar-refractivity contribution in [2.45, 2.75) is 316 Å². The highest BCUT2D eigenvalue weighted by molar-refractivity contribution is 5.71. The third-order valence-electron chi connectivity index (χ3n) is 13.2. The molecule has 1 atom stereocenters. The normalized spacial score (nSPS) is 12.4. The van der Waals surface area contributed by atoms with Crippen molar-refractivity contribution >= 4 is 17.9 Å². The monoisotopic (exact) mass is 979 g/mol. The molecule has 0 aromatic carbocycles. The van der Waals surface area contributed by atoms with Crippen LogP contribution in [-0.2, 0) is 28.6 Å². The maximum Gasteiger partial charge on any atom is 0.306 e. The summed E-state index contributed by atoms with van der Waals surface area (Å²) in [4.78, 5) is 38.2. The highest BCUT2D eigenvalue weighted by Gasteiger charge is 2.19. The second kappa shape index (κ2) is 58.7. The van der Waals surface area contributed by atoms with Gasteiger partial charge in [-0.05, 0) is 89.9 Å². The van der Waals surface area contributed by atoms with Crippen molar-refractivity contribution in [3.63, 3.8) is 0 Å². The lowest BCUT2D eigenvalue weighted by molar-refractivity contribution is -0.167. The summed E-state index contributed by atoms with van der Waals surface area (Å²) in [7, 11) is 0. The number of carbonyl (C=O) groups excluding carboxylic acids is 3. The number of hydrogen-bond donors (Lipinski definition) is 0. The quantitative estimate of drug-likeness (QED) is 0.0261. The number of carbonyl (C=O) groups is 3. The number of hydrogen-bond acceptors (Lipinski definition) is 6. The van der Waals surface area contributed by atoms with Gasteiger partial charge in [-0.1, -0.05) is 261 Å². The van der Waals surface area contributed by atoms with E-state index in [9.17, 15) is 14.4 Å². The third-order valence-corrected chi connectivity index (χ3v) is 13.2. The van der Waals surface area contributed by atoms with Gasteiger partial charge in [-0.3, -0.25) is 14.4 Å². The predicted octanol–water partition coefficient (Wildman–Crippen LogP) is 20.4. The first kappa shape index (κ1) is 67.1. The molecule has 0 spiro atoms. The Bertz CT molecular complexity index is 1260. The molecule has 0 radical (unpaired) electrons. The molecule has 0 aliphatic heterocycles. The van der Waals surface area contributed by atoms with Crippen molar-refractivity contribution in [3.8, 4) is 0 Å². The lowest BCUT2D eigenvalue weighted by atomic mass is 10.0. The molecule has 0 amide bonds. The Morgan fingerprint density at radius 3 is 0.829 bits per heavy atom. The molecule has 6 nitrogen and oxygen atoms in total. The lowest BCUT2D eigenvalue weighted by Crippen LogP contribution is -2.30. The Hall–Kier alpha value is -2.89. The van der Waals surface area contributed by atoms with Crippen LogP contribution in [0.25, 0.3) is 0 Å². The highest BCUT2D eigenvalue weighted by Crippen LogP contribution is 2.16. The van der Waals surface area contributed by atoms with E-state index >= 15 is 0 Å². The van der Waals surface area contributed by atoms with E-state index in [1.807, 2.05) is 0 Å². The van der Waals surface area contributed by atoms with E-state index in [2.05, 4.69) is 81.5 Å². The van der Waals surface area contributed by atoms with Gasteiger partial charge in [0.15, 0.2) is 6.10 Å². The number of unbranched alkanes of at least 4 members (excludes halogenated alkanes) is 34. The number of ether oxygens (including phenoxy) is 3. The fraction of sp³-hybridized carbons (Fsp3) is 0.797. The Morgan fingerprint density at radius 2 is 0.514 bits per heavy atom. The van der Waals surface area contributed by atoms with Crippen LogP contribution in [0.4, 0.5) is 0 Å². The molecule has 406 valence electrons. The first-order valence-corrected chi connectivity index (χ1v) is 30.3. The smallest absolute Gasteiger partial charge is 0.306 e. The second-order valence-electron chi connectivity index (χ2n) is 20.3. The Morgan fingerprint density at radius 1 is 0.286 bits per heavy atom. The summed E-state index contributed by atoms with van der Waals surface area (Å²) in [6.45, 7) is 6.60. The maximum atomic E-state index is 12.9. The summed E-state index contributed by atoms with van der Waals surface area (Å²) in [5.74, 6) is -0.898. The van der Waals surface area contributed by atoms with Crippen LogP contribution in [0.1, 0.15) is 310 Å². The zero-order valence-electron chi connectivity index (χ0n) is 46.5. The van der Waals surface area contributed by atoms with Crippen LogP contribution in [0, 0.1) is 0 Å². The highest BCUT2D eigenvalue weighted by atomic mass is 16.6. The molecule has 0 aliphatic carbocycles. The van der Waals surface area contributed by atoms with E-state index in [1.165, 1.54) is 173 Å². The van der Waals surface area contributed by atoms with Gasteiger partial charge in [-0.2, -0.15) is 0 Å². The lowest BCUT2D eigenvalue weighted by Gasteiger charge is -2.18. The van der Waals surface area contributed by atoms with Gasteiger partial charge in [0.25, 0.3) is 0 Å². The summed E-state index contributed by atoms with van der Waals surface area (Å²) in [6.07, 6.45) is 73.5. The van der Waals surface area contributed by atoms with E-state index in [0.29, 0.717) is 19.3 Å².